The van der Waals surface area contributed by atoms with Gasteiger partial charge in [-0.05, 0) is 30.0 Å². The van der Waals surface area contributed by atoms with Crippen LogP contribution in [0.25, 0.3) is 0 Å². The van der Waals surface area contributed by atoms with Gasteiger partial charge in [0.2, 0.25) is 5.91 Å². The van der Waals surface area contributed by atoms with E-state index in [1.807, 2.05) is 47.8 Å². The zero-order valence-electron chi connectivity index (χ0n) is 13.4. The van der Waals surface area contributed by atoms with Crippen LogP contribution in [0.15, 0.2) is 47.8 Å². The maximum atomic E-state index is 12.8. The van der Waals surface area contributed by atoms with Gasteiger partial charge in [0.05, 0.1) is 12.5 Å². The fourth-order valence-electron chi connectivity index (χ4n) is 2.94. The molecule has 6 heteroatoms. The zero-order chi connectivity index (χ0) is 16.1. The van der Waals surface area contributed by atoms with Gasteiger partial charge in [0.15, 0.2) is 0 Å². The van der Waals surface area contributed by atoms with Crippen LogP contribution in [0.2, 0.25) is 0 Å². The van der Waals surface area contributed by atoms with Gasteiger partial charge in [-0.1, -0.05) is 36.4 Å². The molecule has 1 aromatic heterocycles. The van der Waals surface area contributed by atoms with Gasteiger partial charge in [-0.2, -0.15) is 0 Å². The molecule has 0 aliphatic carbocycles. The van der Waals surface area contributed by atoms with E-state index in [4.69, 9.17) is 0 Å². The quantitative estimate of drug-likeness (QED) is 0.826. The number of hydrogen-bond donors (Lipinski definition) is 2. The van der Waals surface area contributed by atoms with Crippen molar-refractivity contribution in [2.75, 3.05) is 19.6 Å². The first-order valence-electron chi connectivity index (χ1n) is 7.99. The Hall–Kier alpha value is -1.40. The zero-order valence-corrected chi connectivity index (χ0v) is 15.1. The van der Waals surface area contributed by atoms with Crippen LogP contribution in [-0.4, -0.2) is 35.5 Å². The molecule has 4 nitrogen and oxygen atoms in total. The second-order valence-electron chi connectivity index (χ2n) is 5.93. The van der Waals surface area contributed by atoms with E-state index in [1.54, 1.807) is 4.90 Å². The van der Waals surface area contributed by atoms with Gasteiger partial charge in [-0.3, -0.25) is 4.79 Å². The second kappa shape index (κ2) is 9.18. The van der Waals surface area contributed by atoms with Crippen molar-refractivity contribution in [1.29, 1.82) is 0 Å². The minimum absolute atomic E-state index is 0. The maximum absolute atomic E-state index is 12.8. The monoisotopic (exact) mass is 366 g/mol. The maximum Gasteiger partial charge on any atom is 0.227 e. The summed E-state index contributed by atoms with van der Waals surface area (Å²) in [6, 6.07) is 13.8. The standard InChI is InChI=1S/C18H22N2O2S.ClH/c21-16(17-7-4-10-23-17)13-20(12-14-5-2-1-3-6-14)18(22)15-8-9-19-11-15;/h1-7,10,15-16,19,21H,8-9,11-13H2;1H. The number of aliphatic hydroxyl groups is 1. The van der Waals surface area contributed by atoms with Crippen LogP contribution in [-0.2, 0) is 11.3 Å². The van der Waals surface area contributed by atoms with Crippen molar-refractivity contribution >= 4 is 29.7 Å². The SMILES string of the molecule is Cl.O=C(C1CCNC1)N(Cc1ccccc1)CC(O)c1cccs1. The number of benzene rings is 1. The predicted molar refractivity (Wildman–Crippen MR) is 99.4 cm³/mol. The molecule has 0 radical (unpaired) electrons. The minimum Gasteiger partial charge on any atom is -0.386 e. The molecule has 0 bridgehead atoms. The lowest BCUT2D eigenvalue weighted by atomic mass is 10.1. The van der Waals surface area contributed by atoms with Gasteiger partial charge in [-0.15, -0.1) is 23.7 Å². The molecule has 2 unspecified atom stereocenters. The van der Waals surface area contributed by atoms with Crippen molar-refractivity contribution < 1.29 is 9.90 Å². The number of thiophene rings is 1. The third kappa shape index (κ3) is 4.80. The van der Waals surface area contributed by atoms with E-state index < -0.39 is 6.10 Å². The molecule has 24 heavy (non-hydrogen) atoms. The van der Waals surface area contributed by atoms with Crippen LogP contribution in [0.5, 0.6) is 0 Å². The number of amides is 1. The summed E-state index contributed by atoms with van der Waals surface area (Å²) in [7, 11) is 0. The molecule has 1 aliphatic heterocycles. The summed E-state index contributed by atoms with van der Waals surface area (Å²) >= 11 is 1.52. The van der Waals surface area contributed by atoms with Gasteiger partial charge >= 0.3 is 0 Å². The Morgan fingerprint density at radius 2 is 2.08 bits per heavy atom. The van der Waals surface area contributed by atoms with Crippen molar-refractivity contribution in [3.8, 4) is 0 Å². The van der Waals surface area contributed by atoms with Gasteiger partial charge in [-0.25, -0.2) is 0 Å². The van der Waals surface area contributed by atoms with Crippen LogP contribution in [0, 0.1) is 5.92 Å². The van der Waals surface area contributed by atoms with Crippen LogP contribution in [0.1, 0.15) is 23.0 Å². The van der Waals surface area contributed by atoms with Crippen molar-refractivity contribution in [2.24, 2.45) is 5.92 Å². The highest BCUT2D eigenvalue weighted by Crippen LogP contribution is 2.22. The number of nitrogens with zero attached hydrogens (tertiary/aromatic N) is 1. The minimum atomic E-state index is -0.628. The van der Waals surface area contributed by atoms with Crippen molar-refractivity contribution in [1.82, 2.24) is 10.2 Å². The number of carbonyl (C=O) groups excluding carboxylic acids is 1. The fourth-order valence-corrected chi connectivity index (χ4v) is 3.64. The molecule has 1 aliphatic rings. The summed E-state index contributed by atoms with van der Waals surface area (Å²) in [4.78, 5) is 15.5. The number of nitrogens with one attached hydrogen (secondary N) is 1. The van der Waals surface area contributed by atoms with Crippen molar-refractivity contribution in [3.05, 3.63) is 58.3 Å². The Labute approximate surface area is 152 Å². The first-order valence-corrected chi connectivity index (χ1v) is 8.87. The van der Waals surface area contributed by atoms with Gasteiger partial charge < -0.3 is 15.3 Å². The molecule has 0 spiro atoms. The summed E-state index contributed by atoms with van der Waals surface area (Å²) in [6.45, 7) is 2.51. The normalized spacial score (nSPS) is 18.0. The molecule has 2 atom stereocenters. The molecule has 1 saturated heterocycles. The van der Waals surface area contributed by atoms with Crippen molar-refractivity contribution in [3.63, 3.8) is 0 Å². The smallest absolute Gasteiger partial charge is 0.227 e. The van der Waals surface area contributed by atoms with E-state index >= 15 is 0 Å². The Bertz CT molecular complexity index is 615. The molecule has 0 saturated carbocycles. The first-order chi connectivity index (χ1) is 11.2. The number of halogens is 1. The lowest BCUT2D eigenvalue weighted by Crippen LogP contribution is -2.39. The van der Waals surface area contributed by atoms with Gasteiger partial charge in [0.25, 0.3) is 0 Å². The van der Waals surface area contributed by atoms with E-state index in [1.165, 1.54) is 11.3 Å². The van der Waals surface area contributed by atoms with Crippen molar-refractivity contribution in [2.45, 2.75) is 19.1 Å². The summed E-state index contributed by atoms with van der Waals surface area (Å²) in [6.07, 6.45) is 0.246. The summed E-state index contributed by atoms with van der Waals surface area (Å²) in [5.74, 6) is 0.156. The highest BCUT2D eigenvalue weighted by Gasteiger charge is 2.28. The summed E-state index contributed by atoms with van der Waals surface area (Å²) < 4.78 is 0. The fraction of sp³-hybridized carbons (Fsp3) is 0.389. The van der Waals surface area contributed by atoms with E-state index in [0.29, 0.717) is 13.1 Å². The number of hydrogen-bond acceptors (Lipinski definition) is 4. The molecule has 2 aromatic rings. The van der Waals surface area contributed by atoms with Crippen LogP contribution in [0.3, 0.4) is 0 Å². The van der Waals surface area contributed by atoms with E-state index in [9.17, 15) is 9.90 Å². The largest absolute Gasteiger partial charge is 0.386 e. The topological polar surface area (TPSA) is 52.6 Å². The molecule has 1 aromatic carbocycles. The molecule has 130 valence electrons. The van der Waals surface area contributed by atoms with E-state index in [0.717, 1.165) is 30.0 Å². The highest BCUT2D eigenvalue weighted by atomic mass is 35.5. The van der Waals surface area contributed by atoms with E-state index in [2.05, 4.69) is 5.32 Å². The molecule has 1 fully saturated rings. The van der Waals surface area contributed by atoms with E-state index in [-0.39, 0.29) is 24.2 Å². The Balaban J connectivity index is 0.00000208. The number of aliphatic hydroxyl groups excluding tert-OH is 1. The Morgan fingerprint density at radius 3 is 2.71 bits per heavy atom. The summed E-state index contributed by atoms with van der Waals surface area (Å²) in [5.41, 5.74) is 1.09. The van der Waals surface area contributed by atoms with Gasteiger partial charge in [0, 0.05) is 18.0 Å². The summed E-state index contributed by atoms with van der Waals surface area (Å²) in [5, 5.41) is 15.6. The Morgan fingerprint density at radius 1 is 1.29 bits per heavy atom. The first kappa shape index (κ1) is 18.9. The molecule has 1 amide bonds. The number of carbonyl (C=O) groups is 1. The third-order valence-electron chi connectivity index (χ3n) is 4.20. The predicted octanol–water partition coefficient (Wildman–Crippen LogP) is 2.84. The van der Waals surface area contributed by atoms with Crippen LogP contribution in [0.4, 0.5) is 0 Å². The van der Waals surface area contributed by atoms with Crippen LogP contribution < -0.4 is 5.32 Å². The molecular formula is C18H23ClN2O2S. The molecule has 2 heterocycles. The molecular weight excluding hydrogens is 344 g/mol. The second-order valence-corrected chi connectivity index (χ2v) is 6.90. The third-order valence-corrected chi connectivity index (χ3v) is 5.18. The average Bonchev–Trinajstić information content (AvgIpc) is 3.27. The van der Waals surface area contributed by atoms with Crippen LogP contribution >= 0.6 is 23.7 Å². The molecule has 2 N–H and O–H groups in total. The van der Waals surface area contributed by atoms with Gasteiger partial charge in [0.1, 0.15) is 6.10 Å². The average molecular weight is 367 g/mol. The molecule has 3 rings (SSSR count). The Kier molecular flexibility index (Phi) is 7.24. The lowest BCUT2D eigenvalue weighted by molar-refractivity contribution is -0.137. The lowest BCUT2D eigenvalue weighted by Gasteiger charge is -2.27. The number of rotatable bonds is 6. The highest BCUT2D eigenvalue weighted by molar-refractivity contribution is 7.10.